The summed E-state index contributed by atoms with van der Waals surface area (Å²) in [5.41, 5.74) is 4.69. The minimum atomic E-state index is -0.751. The minimum absolute atomic E-state index is 0.0999. The van der Waals surface area contributed by atoms with Crippen LogP contribution in [-0.4, -0.2) is 35.4 Å². The maximum absolute atomic E-state index is 13.4. The molecule has 1 aliphatic carbocycles. The van der Waals surface area contributed by atoms with Gasteiger partial charge in [-0.2, -0.15) is 0 Å². The van der Waals surface area contributed by atoms with E-state index in [1.54, 1.807) is 7.11 Å². The largest absolute Gasteiger partial charge is 0.507 e. The van der Waals surface area contributed by atoms with Crippen LogP contribution in [0.1, 0.15) is 53.6 Å². The highest BCUT2D eigenvalue weighted by Crippen LogP contribution is 2.41. The standard InChI is InChI=1S/C31H31NO5/c1-3-37-26-10-6-9-23(18-26)28-27(29(33)24-14-13-21-7-4-5-8-22(21)17-24)30(34)31(35)32(28)19-20-11-15-25(36-2)16-12-20/h6,9-18,28,33H,3-5,7-8,19H2,1-2H3/b29-27-. The first kappa shape index (κ1) is 24.6. The Morgan fingerprint density at radius 1 is 0.946 bits per heavy atom. The number of rotatable bonds is 7. The molecule has 0 aromatic heterocycles. The van der Waals surface area contributed by atoms with Gasteiger partial charge < -0.3 is 19.5 Å². The second-order valence-electron chi connectivity index (χ2n) is 9.47. The molecule has 3 aromatic carbocycles. The molecule has 0 bridgehead atoms. The Balaban J connectivity index is 1.61. The summed E-state index contributed by atoms with van der Waals surface area (Å²) in [6.07, 6.45) is 4.23. The van der Waals surface area contributed by atoms with Gasteiger partial charge in [0.1, 0.15) is 17.3 Å². The van der Waals surface area contributed by atoms with Crippen molar-refractivity contribution >= 4 is 17.4 Å². The molecule has 1 unspecified atom stereocenters. The van der Waals surface area contributed by atoms with Crippen molar-refractivity contribution in [2.24, 2.45) is 0 Å². The number of likely N-dealkylation sites (tertiary alicyclic amines) is 1. The van der Waals surface area contributed by atoms with Gasteiger partial charge in [-0.3, -0.25) is 9.59 Å². The Labute approximate surface area is 217 Å². The molecule has 37 heavy (non-hydrogen) atoms. The number of carbonyl (C=O) groups is 2. The molecule has 0 saturated carbocycles. The van der Waals surface area contributed by atoms with E-state index in [9.17, 15) is 14.7 Å². The van der Waals surface area contributed by atoms with E-state index in [1.165, 1.54) is 16.0 Å². The van der Waals surface area contributed by atoms with Gasteiger partial charge in [-0.25, -0.2) is 0 Å². The zero-order chi connectivity index (χ0) is 25.9. The molecule has 6 nitrogen and oxygen atoms in total. The minimum Gasteiger partial charge on any atom is -0.507 e. The van der Waals surface area contributed by atoms with Gasteiger partial charge in [0.25, 0.3) is 11.7 Å². The number of aliphatic hydroxyl groups is 1. The van der Waals surface area contributed by atoms with E-state index in [2.05, 4.69) is 0 Å². The van der Waals surface area contributed by atoms with Crippen LogP contribution in [0.2, 0.25) is 0 Å². The van der Waals surface area contributed by atoms with Crippen LogP contribution in [0.15, 0.2) is 72.3 Å². The Kier molecular flexibility index (Phi) is 6.99. The highest BCUT2D eigenvalue weighted by molar-refractivity contribution is 6.46. The quantitative estimate of drug-likeness (QED) is 0.261. The predicted molar refractivity (Wildman–Crippen MR) is 142 cm³/mol. The molecule has 1 heterocycles. The molecule has 0 radical (unpaired) electrons. The van der Waals surface area contributed by atoms with Gasteiger partial charge in [-0.1, -0.05) is 36.4 Å². The summed E-state index contributed by atoms with van der Waals surface area (Å²) in [7, 11) is 1.60. The van der Waals surface area contributed by atoms with Gasteiger partial charge in [0.05, 0.1) is 25.3 Å². The molecule has 3 aromatic rings. The van der Waals surface area contributed by atoms with Crippen molar-refractivity contribution in [3.8, 4) is 11.5 Å². The topological polar surface area (TPSA) is 76.1 Å². The molecule has 5 rings (SSSR count). The molecule has 1 amide bonds. The number of fused-ring (bicyclic) bond motifs is 1. The molecule has 0 spiro atoms. The van der Waals surface area contributed by atoms with Gasteiger partial charge in [0.15, 0.2) is 0 Å². The van der Waals surface area contributed by atoms with Crippen molar-refractivity contribution in [1.29, 1.82) is 0 Å². The van der Waals surface area contributed by atoms with E-state index in [-0.39, 0.29) is 17.9 Å². The number of hydrogen-bond acceptors (Lipinski definition) is 5. The first-order chi connectivity index (χ1) is 18.0. The smallest absolute Gasteiger partial charge is 0.295 e. The maximum Gasteiger partial charge on any atom is 0.295 e. The number of methoxy groups -OCH3 is 1. The van der Waals surface area contributed by atoms with Crippen LogP contribution in [0.5, 0.6) is 11.5 Å². The van der Waals surface area contributed by atoms with Crippen molar-refractivity contribution in [3.63, 3.8) is 0 Å². The van der Waals surface area contributed by atoms with Crippen LogP contribution < -0.4 is 9.47 Å². The Hall–Kier alpha value is -4.06. The summed E-state index contributed by atoms with van der Waals surface area (Å²) in [5.74, 6) is -0.114. The van der Waals surface area contributed by atoms with Gasteiger partial charge in [-0.15, -0.1) is 0 Å². The van der Waals surface area contributed by atoms with Crippen LogP contribution >= 0.6 is 0 Å². The maximum atomic E-state index is 13.4. The number of carbonyl (C=O) groups excluding carboxylic acids is 2. The lowest BCUT2D eigenvalue weighted by molar-refractivity contribution is -0.140. The molecule has 1 N–H and O–H groups in total. The summed E-state index contributed by atoms with van der Waals surface area (Å²) in [4.78, 5) is 28.4. The Bertz CT molecular complexity index is 1360. The monoisotopic (exact) mass is 497 g/mol. The number of ketones is 1. The third-order valence-corrected chi connectivity index (χ3v) is 7.16. The predicted octanol–water partition coefficient (Wildman–Crippen LogP) is 5.59. The molecule has 2 aliphatic rings. The average Bonchev–Trinajstić information content (AvgIpc) is 3.18. The SMILES string of the molecule is CCOc1cccc(C2/C(=C(/O)c3ccc4c(c3)CCCC4)C(=O)C(=O)N2Cc2ccc(OC)cc2)c1. The van der Waals surface area contributed by atoms with Gasteiger partial charge in [0.2, 0.25) is 0 Å². The summed E-state index contributed by atoms with van der Waals surface area (Å²) in [5, 5.41) is 11.5. The number of aryl methyl sites for hydroxylation is 2. The van der Waals surface area contributed by atoms with Crippen molar-refractivity contribution in [3.05, 3.63) is 100 Å². The molecule has 6 heteroatoms. The van der Waals surface area contributed by atoms with E-state index >= 15 is 0 Å². The fourth-order valence-corrected chi connectivity index (χ4v) is 5.29. The first-order valence-electron chi connectivity index (χ1n) is 12.8. The number of benzene rings is 3. The molecule has 1 saturated heterocycles. The van der Waals surface area contributed by atoms with Crippen molar-refractivity contribution in [1.82, 2.24) is 4.90 Å². The number of Topliss-reactive ketones (excluding diaryl/α,β-unsaturated/α-hetero) is 1. The van der Waals surface area contributed by atoms with Crippen molar-refractivity contribution in [2.75, 3.05) is 13.7 Å². The van der Waals surface area contributed by atoms with Crippen LogP contribution in [0.25, 0.3) is 5.76 Å². The molecular weight excluding hydrogens is 466 g/mol. The lowest BCUT2D eigenvalue weighted by Gasteiger charge is -2.26. The van der Waals surface area contributed by atoms with Crippen molar-refractivity contribution < 1.29 is 24.2 Å². The Morgan fingerprint density at radius 3 is 2.43 bits per heavy atom. The van der Waals surface area contributed by atoms with E-state index in [0.717, 1.165) is 31.2 Å². The summed E-state index contributed by atoms with van der Waals surface area (Å²) in [6, 6.07) is 19.9. The second kappa shape index (κ2) is 10.5. The second-order valence-corrected chi connectivity index (χ2v) is 9.47. The summed E-state index contributed by atoms with van der Waals surface area (Å²) in [6.45, 7) is 2.60. The molecule has 190 valence electrons. The van der Waals surface area contributed by atoms with Gasteiger partial charge >= 0.3 is 0 Å². The summed E-state index contributed by atoms with van der Waals surface area (Å²) < 4.78 is 11.0. The number of nitrogens with zero attached hydrogens (tertiary/aromatic N) is 1. The molecule has 1 fully saturated rings. The van der Waals surface area contributed by atoms with Crippen LogP contribution in [0.3, 0.4) is 0 Å². The van der Waals surface area contributed by atoms with E-state index in [4.69, 9.17) is 9.47 Å². The van der Waals surface area contributed by atoms with Crippen LogP contribution in [-0.2, 0) is 29.0 Å². The fourth-order valence-electron chi connectivity index (χ4n) is 5.29. The zero-order valence-electron chi connectivity index (χ0n) is 21.2. The third kappa shape index (κ3) is 4.84. The van der Waals surface area contributed by atoms with Gasteiger partial charge in [0, 0.05) is 12.1 Å². The third-order valence-electron chi connectivity index (χ3n) is 7.16. The molecular formula is C31H31NO5. The van der Waals surface area contributed by atoms with E-state index < -0.39 is 17.7 Å². The number of hydrogen-bond donors (Lipinski definition) is 1. The average molecular weight is 498 g/mol. The van der Waals surface area contributed by atoms with Gasteiger partial charge in [-0.05, 0) is 85.2 Å². The van der Waals surface area contributed by atoms with Crippen LogP contribution in [0, 0.1) is 0 Å². The van der Waals surface area contributed by atoms with Crippen LogP contribution in [0.4, 0.5) is 0 Å². The highest BCUT2D eigenvalue weighted by atomic mass is 16.5. The zero-order valence-corrected chi connectivity index (χ0v) is 21.2. The fraction of sp³-hybridized carbons (Fsp3) is 0.290. The first-order valence-corrected chi connectivity index (χ1v) is 12.8. The normalized spacial score (nSPS) is 18.5. The van der Waals surface area contributed by atoms with E-state index in [1.807, 2.05) is 73.7 Å². The lowest BCUT2D eigenvalue weighted by Crippen LogP contribution is -2.29. The molecule has 1 atom stereocenters. The number of ether oxygens (including phenoxy) is 2. The highest BCUT2D eigenvalue weighted by Gasteiger charge is 2.46. The number of aliphatic hydroxyl groups excluding tert-OH is 1. The van der Waals surface area contributed by atoms with E-state index in [0.29, 0.717) is 29.2 Å². The van der Waals surface area contributed by atoms with Crippen molar-refractivity contribution in [2.45, 2.75) is 45.2 Å². The summed E-state index contributed by atoms with van der Waals surface area (Å²) >= 11 is 0. The number of amides is 1. The molecule has 1 aliphatic heterocycles. The Morgan fingerprint density at radius 2 is 1.70 bits per heavy atom. The lowest BCUT2D eigenvalue weighted by atomic mass is 9.88.